The van der Waals surface area contributed by atoms with Crippen molar-refractivity contribution in [2.75, 3.05) is 0 Å². The zero-order valence-corrected chi connectivity index (χ0v) is 20.9. The molecule has 0 atom stereocenters. The second kappa shape index (κ2) is 8.72. The van der Waals surface area contributed by atoms with Crippen molar-refractivity contribution >= 4 is 43.5 Å². The SMILES string of the molecule is [2H]c1c([2H])c([2H])c(-c2ccc3oc4ccccc4c3c2-c2c3ccccc3c(-c3ccccc3)c3ccccc23)c([2H])c1[2H]. The fourth-order valence-corrected chi connectivity index (χ4v) is 5.98. The first-order chi connectivity index (χ1) is 21.5. The fraction of sp³-hybridized carbons (Fsp3) is 0. The standard InChI is InChI=1S/C38H24O/c1-3-13-25(14-4-1)27-23-24-34-37(32-21-11-12-22-33(32)39-34)38(27)36-30-19-9-7-17-28(30)35(26-15-5-2-6-16-26)29-18-8-10-20-31(29)36/h1-24H/i1D,3D,4D,13D,14D. The Morgan fingerprint density at radius 2 is 0.974 bits per heavy atom. The van der Waals surface area contributed by atoms with E-state index in [9.17, 15) is 0 Å². The van der Waals surface area contributed by atoms with Gasteiger partial charge in [0.05, 0.1) is 6.85 Å². The van der Waals surface area contributed by atoms with Gasteiger partial charge in [-0.2, -0.15) is 0 Å². The van der Waals surface area contributed by atoms with Crippen LogP contribution in [-0.4, -0.2) is 0 Å². The highest BCUT2D eigenvalue weighted by Gasteiger charge is 2.23. The number of hydrogen-bond donors (Lipinski definition) is 0. The number of rotatable bonds is 3. The Morgan fingerprint density at radius 3 is 1.64 bits per heavy atom. The van der Waals surface area contributed by atoms with Gasteiger partial charge >= 0.3 is 0 Å². The molecule has 182 valence electrons. The van der Waals surface area contributed by atoms with Crippen molar-refractivity contribution in [2.24, 2.45) is 0 Å². The first-order valence-electron chi connectivity index (χ1n) is 15.5. The molecule has 0 saturated carbocycles. The van der Waals surface area contributed by atoms with E-state index in [1.54, 1.807) is 0 Å². The Kier molecular flexibility index (Phi) is 3.89. The number of fused-ring (bicyclic) bond motifs is 5. The second-order valence-electron chi connectivity index (χ2n) is 9.67. The minimum Gasteiger partial charge on any atom is -0.456 e. The maximum Gasteiger partial charge on any atom is 0.136 e. The van der Waals surface area contributed by atoms with Gasteiger partial charge in [-0.15, -0.1) is 0 Å². The molecule has 0 N–H and O–H groups in total. The maximum absolute atomic E-state index is 8.94. The molecule has 7 aromatic carbocycles. The lowest BCUT2D eigenvalue weighted by molar-refractivity contribution is 0.669. The largest absolute Gasteiger partial charge is 0.456 e. The van der Waals surface area contributed by atoms with Gasteiger partial charge in [0.15, 0.2) is 0 Å². The molecule has 0 aliphatic rings. The Labute approximate surface area is 233 Å². The monoisotopic (exact) mass is 501 g/mol. The van der Waals surface area contributed by atoms with Gasteiger partial charge in [-0.25, -0.2) is 0 Å². The van der Waals surface area contributed by atoms with E-state index in [-0.39, 0.29) is 29.7 Å². The van der Waals surface area contributed by atoms with Gasteiger partial charge in [-0.3, -0.25) is 0 Å². The Bertz CT molecular complexity index is 2360. The molecule has 0 unspecified atom stereocenters. The van der Waals surface area contributed by atoms with Crippen LogP contribution >= 0.6 is 0 Å². The average molecular weight is 502 g/mol. The van der Waals surface area contributed by atoms with Gasteiger partial charge in [0.1, 0.15) is 11.2 Å². The molecule has 0 amide bonds. The summed E-state index contributed by atoms with van der Waals surface area (Å²) in [6, 6.07) is 36.8. The normalized spacial score (nSPS) is 13.4. The van der Waals surface area contributed by atoms with Crippen molar-refractivity contribution < 1.29 is 11.3 Å². The number of benzene rings is 7. The number of furan rings is 1. The maximum atomic E-state index is 8.94. The summed E-state index contributed by atoms with van der Waals surface area (Å²) in [6.45, 7) is 0. The summed E-state index contributed by atoms with van der Waals surface area (Å²) in [5.74, 6) is 0. The van der Waals surface area contributed by atoms with Crippen LogP contribution in [0.15, 0.2) is 150 Å². The molecule has 1 heterocycles. The van der Waals surface area contributed by atoms with Crippen LogP contribution in [-0.2, 0) is 0 Å². The van der Waals surface area contributed by atoms with Crippen molar-refractivity contribution in [1.29, 1.82) is 0 Å². The molecule has 0 fully saturated rings. The van der Waals surface area contributed by atoms with Gasteiger partial charge in [-0.1, -0.05) is 133 Å². The summed E-state index contributed by atoms with van der Waals surface area (Å²) >= 11 is 0. The van der Waals surface area contributed by atoms with E-state index in [2.05, 4.69) is 36.4 Å². The van der Waals surface area contributed by atoms with Crippen LogP contribution in [0.3, 0.4) is 0 Å². The number of hydrogen-bond acceptors (Lipinski definition) is 1. The van der Waals surface area contributed by atoms with Crippen LogP contribution in [0.4, 0.5) is 0 Å². The highest BCUT2D eigenvalue weighted by Crippen LogP contribution is 2.49. The van der Waals surface area contributed by atoms with Gasteiger partial charge in [0.25, 0.3) is 0 Å². The first-order valence-corrected chi connectivity index (χ1v) is 13.0. The molecule has 1 heteroatoms. The minimum absolute atomic E-state index is 0.165. The van der Waals surface area contributed by atoms with Crippen molar-refractivity contribution in [3.8, 4) is 33.4 Å². The third kappa shape index (κ3) is 3.34. The smallest absolute Gasteiger partial charge is 0.136 e. The van der Waals surface area contributed by atoms with Gasteiger partial charge in [-0.05, 0) is 61.5 Å². The quantitative estimate of drug-likeness (QED) is 0.219. The molecule has 0 spiro atoms. The third-order valence-electron chi connectivity index (χ3n) is 7.56. The lowest BCUT2D eigenvalue weighted by atomic mass is 9.82. The van der Waals surface area contributed by atoms with E-state index < -0.39 is 6.04 Å². The van der Waals surface area contributed by atoms with Crippen molar-refractivity contribution in [2.45, 2.75) is 0 Å². The second-order valence-corrected chi connectivity index (χ2v) is 9.67. The predicted molar refractivity (Wildman–Crippen MR) is 165 cm³/mol. The Balaban J connectivity index is 1.65. The molecular weight excluding hydrogens is 472 g/mol. The van der Waals surface area contributed by atoms with Crippen molar-refractivity contribution in [3.63, 3.8) is 0 Å². The van der Waals surface area contributed by atoms with E-state index in [0.717, 1.165) is 60.2 Å². The van der Waals surface area contributed by atoms with E-state index in [1.807, 2.05) is 78.9 Å². The van der Waals surface area contributed by atoms with Crippen LogP contribution in [0.5, 0.6) is 0 Å². The van der Waals surface area contributed by atoms with E-state index in [1.165, 1.54) is 0 Å². The summed E-state index contributed by atoms with van der Waals surface area (Å²) in [5, 5.41) is 5.85. The third-order valence-corrected chi connectivity index (χ3v) is 7.56. The molecule has 8 aromatic rings. The number of para-hydroxylation sites is 1. The van der Waals surface area contributed by atoms with Crippen molar-refractivity contribution in [3.05, 3.63) is 145 Å². The lowest BCUT2D eigenvalue weighted by Gasteiger charge is -2.20. The van der Waals surface area contributed by atoms with E-state index in [4.69, 9.17) is 11.3 Å². The van der Waals surface area contributed by atoms with Crippen LogP contribution in [0.2, 0.25) is 0 Å². The predicted octanol–water partition coefficient (Wildman–Crippen LogP) is 10.9. The Hall–Kier alpha value is -5.14. The van der Waals surface area contributed by atoms with E-state index >= 15 is 0 Å². The summed E-state index contributed by atoms with van der Waals surface area (Å²) in [5.41, 5.74) is 6.03. The molecule has 1 aromatic heterocycles. The molecule has 8 rings (SSSR count). The zero-order chi connectivity index (χ0) is 30.1. The lowest BCUT2D eigenvalue weighted by Crippen LogP contribution is -1.93. The minimum atomic E-state index is -0.414. The van der Waals surface area contributed by atoms with Crippen molar-refractivity contribution in [1.82, 2.24) is 0 Å². The molecule has 1 nitrogen and oxygen atoms in total. The molecule has 0 radical (unpaired) electrons. The highest BCUT2D eigenvalue weighted by atomic mass is 16.3. The van der Waals surface area contributed by atoms with Crippen LogP contribution in [0, 0.1) is 0 Å². The van der Waals surface area contributed by atoms with Gasteiger partial charge in [0, 0.05) is 16.3 Å². The zero-order valence-electron chi connectivity index (χ0n) is 25.9. The molecule has 0 saturated heterocycles. The fourth-order valence-electron chi connectivity index (χ4n) is 5.98. The molecule has 0 aliphatic carbocycles. The molecule has 39 heavy (non-hydrogen) atoms. The van der Waals surface area contributed by atoms with Crippen LogP contribution in [0.1, 0.15) is 6.85 Å². The molecule has 0 bridgehead atoms. The summed E-state index contributed by atoms with van der Waals surface area (Å²) in [4.78, 5) is 0. The van der Waals surface area contributed by atoms with Crippen LogP contribution in [0.25, 0.3) is 76.9 Å². The highest BCUT2D eigenvalue weighted by molar-refractivity contribution is 6.27. The summed E-state index contributed by atoms with van der Waals surface area (Å²) < 4.78 is 49.4. The van der Waals surface area contributed by atoms with Gasteiger partial charge < -0.3 is 4.42 Å². The summed E-state index contributed by atoms with van der Waals surface area (Å²) in [7, 11) is 0. The topological polar surface area (TPSA) is 13.1 Å². The average Bonchev–Trinajstić information content (AvgIpc) is 3.45. The van der Waals surface area contributed by atoms with Gasteiger partial charge in [0.2, 0.25) is 0 Å². The van der Waals surface area contributed by atoms with E-state index in [0.29, 0.717) is 11.1 Å². The summed E-state index contributed by atoms with van der Waals surface area (Å²) in [6.07, 6.45) is 0. The Morgan fingerprint density at radius 1 is 0.410 bits per heavy atom. The van der Waals surface area contributed by atoms with Crippen LogP contribution < -0.4 is 0 Å². The molecule has 0 aliphatic heterocycles. The molecular formula is C38H24O. The first kappa shape index (κ1) is 17.4.